The van der Waals surface area contributed by atoms with Gasteiger partial charge in [-0.25, -0.2) is 4.98 Å². The lowest BCUT2D eigenvalue weighted by Crippen LogP contribution is -2.40. The lowest BCUT2D eigenvalue weighted by Gasteiger charge is -2.31. The molecule has 2 N–H and O–H groups in total. The van der Waals surface area contributed by atoms with Gasteiger partial charge in [0.25, 0.3) is 5.91 Å². The minimum Gasteiger partial charge on any atom is -0.455 e. The molecule has 2 aromatic carbocycles. The highest BCUT2D eigenvalue weighted by Crippen LogP contribution is 2.37. The molecule has 3 heterocycles. The maximum absolute atomic E-state index is 13.0. The summed E-state index contributed by atoms with van der Waals surface area (Å²) in [5.41, 5.74) is 2.77. The molecule has 10 heteroatoms. The Hall–Kier alpha value is -2.91. The quantitative estimate of drug-likeness (QED) is 0.494. The number of nitrogens with one attached hydrogen (secondary N) is 2. The highest BCUT2D eigenvalue weighted by molar-refractivity contribution is 6.40. The van der Waals surface area contributed by atoms with E-state index >= 15 is 0 Å². The smallest absolute Gasteiger partial charge is 0.268 e. The van der Waals surface area contributed by atoms with Crippen molar-refractivity contribution in [3.05, 3.63) is 69.8 Å². The van der Waals surface area contributed by atoms with Crippen LogP contribution in [0.25, 0.3) is 0 Å². The summed E-state index contributed by atoms with van der Waals surface area (Å²) in [6, 6.07) is 13.9. The Kier molecular flexibility index (Phi) is 7.06. The first-order valence-electron chi connectivity index (χ1n) is 11.5. The number of halogens is 2. The standard InChI is InChI=1S/C25H26Cl2N6O2/c1-28-17-9-11-32(12-10-17)14-16-5-7-18(8-6-16)30-25-29-13-19-23(31-25)35-15-33(24(19)34)22-20(26)3-2-4-21(22)27/h2-8,13,17,28H,9-12,14-15H2,1H3,(H,29,30,31). The van der Waals surface area contributed by atoms with Gasteiger partial charge < -0.3 is 15.4 Å². The molecule has 0 radical (unpaired) electrons. The normalized spacial score (nSPS) is 16.7. The second kappa shape index (κ2) is 10.4. The molecule has 182 valence electrons. The highest BCUT2D eigenvalue weighted by Gasteiger charge is 2.31. The van der Waals surface area contributed by atoms with Crippen molar-refractivity contribution in [1.29, 1.82) is 0 Å². The van der Waals surface area contributed by atoms with Gasteiger partial charge in [-0.05, 0) is 62.8 Å². The number of anilines is 3. The Balaban J connectivity index is 1.24. The summed E-state index contributed by atoms with van der Waals surface area (Å²) in [7, 11) is 2.04. The Morgan fingerprint density at radius 3 is 2.49 bits per heavy atom. The van der Waals surface area contributed by atoms with Gasteiger partial charge >= 0.3 is 0 Å². The largest absolute Gasteiger partial charge is 0.455 e. The molecule has 0 saturated carbocycles. The predicted octanol–water partition coefficient (Wildman–Crippen LogP) is 4.71. The fourth-order valence-corrected chi connectivity index (χ4v) is 4.99. The number of hydrogen-bond acceptors (Lipinski definition) is 7. The Morgan fingerprint density at radius 2 is 1.80 bits per heavy atom. The SMILES string of the molecule is CNC1CCN(Cc2ccc(Nc3ncc4c(n3)OCN(c3c(Cl)cccc3Cl)C4=O)cc2)CC1. The van der Waals surface area contributed by atoms with Gasteiger partial charge in [-0.2, -0.15) is 4.98 Å². The number of rotatable bonds is 6. The minimum atomic E-state index is -0.323. The van der Waals surface area contributed by atoms with Crippen LogP contribution in [0, 0.1) is 0 Å². The zero-order valence-corrected chi connectivity index (χ0v) is 20.8. The van der Waals surface area contributed by atoms with Crippen LogP contribution in [0.15, 0.2) is 48.7 Å². The average Bonchev–Trinajstić information content (AvgIpc) is 2.87. The van der Waals surface area contributed by atoms with Gasteiger partial charge in [0.15, 0.2) is 6.73 Å². The third-order valence-corrected chi connectivity index (χ3v) is 6.99. The van der Waals surface area contributed by atoms with Crippen molar-refractivity contribution in [1.82, 2.24) is 20.2 Å². The van der Waals surface area contributed by atoms with Crippen LogP contribution in [-0.4, -0.2) is 53.7 Å². The molecule has 1 fully saturated rings. The molecular weight excluding hydrogens is 487 g/mol. The molecule has 1 aromatic heterocycles. The summed E-state index contributed by atoms with van der Waals surface area (Å²) in [6.45, 7) is 3.10. The van der Waals surface area contributed by atoms with E-state index in [0.717, 1.165) is 25.3 Å². The molecule has 0 aliphatic carbocycles. The molecule has 1 saturated heterocycles. The van der Waals surface area contributed by atoms with Crippen LogP contribution in [0.1, 0.15) is 28.8 Å². The van der Waals surface area contributed by atoms with Crippen molar-refractivity contribution in [3.8, 4) is 5.88 Å². The molecule has 0 unspecified atom stereocenters. The molecule has 2 aliphatic rings. The van der Waals surface area contributed by atoms with E-state index in [0.29, 0.717) is 27.7 Å². The number of nitrogens with zero attached hydrogens (tertiary/aromatic N) is 4. The van der Waals surface area contributed by atoms with Crippen LogP contribution in [0.5, 0.6) is 5.88 Å². The van der Waals surface area contributed by atoms with E-state index in [1.165, 1.54) is 29.5 Å². The number of hydrogen-bond donors (Lipinski definition) is 2. The Labute approximate surface area is 214 Å². The van der Waals surface area contributed by atoms with Crippen LogP contribution in [0.4, 0.5) is 17.3 Å². The second-order valence-corrected chi connectivity index (χ2v) is 9.46. The molecule has 2 aliphatic heterocycles. The number of ether oxygens (including phenoxy) is 1. The van der Waals surface area contributed by atoms with Gasteiger partial charge in [-0.15, -0.1) is 0 Å². The first kappa shape index (κ1) is 23.8. The fourth-order valence-electron chi connectivity index (χ4n) is 4.39. The van der Waals surface area contributed by atoms with Crippen molar-refractivity contribution in [2.45, 2.75) is 25.4 Å². The predicted molar refractivity (Wildman–Crippen MR) is 138 cm³/mol. The van der Waals surface area contributed by atoms with Crippen LogP contribution in [0.3, 0.4) is 0 Å². The first-order valence-corrected chi connectivity index (χ1v) is 12.3. The van der Waals surface area contributed by atoms with Crippen molar-refractivity contribution >= 4 is 46.4 Å². The summed E-state index contributed by atoms with van der Waals surface area (Å²) >= 11 is 12.5. The number of fused-ring (bicyclic) bond motifs is 1. The zero-order chi connectivity index (χ0) is 24.4. The van der Waals surface area contributed by atoms with E-state index in [9.17, 15) is 4.79 Å². The van der Waals surface area contributed by atoms with Crippen LogP contribution in [-0.2, 0) is 6.54 Å². The van der Waals surface area contributed by atoms with Gasteiger partial charge in [0.05, 0.1) is 15.7 Å². The van der Waals surface area contributed by atoms with E-state index in [4.69, 9.17) is 27.9 Å². The number of likely N-dealkylation sites (tertiary alicyclic amines) is 1. The van der Waals surface area contributed by atoms with E-state index < -0.39 is 0 Å². The molecule has 0 atom stereocenters. The van der Waals surface area contributed by atoms with Gasteiger partial charge in [-0.1, -0.05) is 41.4 Å². The maximum atomic E-state index is 13.0. The number of amides is 1. The number of piperidine rings is 1. The topological polar surface area (TPSA) is 82.6 Å². The Morgan fingerprint density at radius 1 is 1.09 bits per heavy atom. The van der Waals surface area contributed by atoms with Crippen LogP contribution >= 0.6 is 23.2 Å². The minimum absolute atomic E-state index is 0.0496. The maximum Gasteiger partial charge on any atom is 0.268 e. The molecule has 3 aromatic rings. The van der Waals surface area contributed by atoms with Gasteiger partial charge in [0, 0.05) is 24.5 Å². The van der Waals surface area contributed by atoms with Gasteiger partial charge in [0.2, 0.25) is 11.8 Å². The number of para-hydroxylation sites is 1. The summed E-state index contributed by atoms with van der Waals surface area (Å²) in [5, 5.41) is 7.28. The molecule has 8 nitrogen and oxygen atoms in total. The number of benzene rings is 2. The number of carbonyl (C=O) groups excluding carboxylic acids is 1. The summed E-state index contributed by atoms with van der Waals surface area (Å²) in [5.74, 6) is 0.243. The first-order chi connectivity index (χ1) is 17.0. The fraction of sp³-hybridized carbons (Fsp3) is 0.320. The monoisotopic (exact) mass is 512 g/mol. The molecular formula is C25H26Cl2N6O2. The average molecular weight is 513 g/mol. The van der Waals surface area contributed by atoms with Crippen LogP contribution in [0.2, 0.25) is 10.0 Å². The number of carbonyl (C=O) groups is 1. The summed E-state index contributed by atoms with van der Waals surface area (Å²) in [4.78, 5) is 25.6. The van der Waals surface area contributed by atoms with E-state index in [-0.39, 0.29) is 24.1 Å². The van der Waals surface area contributed by atoms with Crippen molar-refractivity contribution in [2.24, 2.45) is 0 Å². The number of aromatic nitrogens is 2. The third kappa shape index (κ3) is 5.21. The lowest BCUT2D eigenvalue weighted by molar-refractivity contribution is 0.0932. The van der Waals surface area contributed by atoms with Gasteiger partial charge in [0.1, 0.15) is 5.56 Å². The van der Waals surface area contributed by atoms with Gasteiger partial charge in [-0.3, -0.25) is 14.6 Å². The third-order valence-electron chi connectivity index (χ3n) is 6.38. The van der Waals surface area contributed by atoms with Crippen molar-refractivity contribution < 1.29 is 9.53 Å². The summed E-state index contributed by atoms with van der Waals surface area (Å²) in [6.07, 6.45) is 3.81. The summed E-state index contributed by atoms with van der Waals surface area (Å²) < 4.78 is 5.76. The van der Waals surface area contributed by atoms with E-state index in [1.807, 2.05) is 19.2 Å². The molecule has 5 rings (SSSR count). The van der Waals surface area contributed by atoms with E-state index in [2.05, 4.69) is 37.6 Å². The zero-order valence-electron chi connectivity index (χ0n) is 19.3. The van der Waals surface area contributed by atoms with Crippen molar-refractivity contribution in [3.63, 3.8) is 0 Å². The molecule has 0 spiro atoms. The molecule has 0 bridgehead atoms. The lowest BCUT2D eigenvalue weighted by atomic mass is 10.0. The Bertz CT molecular complexity index is 1190. The second-order valence-electron chi connectivity index (χ2n) is 8.65. The van der Waals surface area contributed by atoms with E-state index in [1.54, 1.807) is 18.2 Å². The molecule has 35 heavy (non-hydrogen) atoms. The van der Waals surface area contributed by atoms with Crippen LogP contribution < -0.4 is 20.3 Å². The van der Waals surface area contributed by atoms with Crippen molar-refractivity contribution in [2.75, 3.05) is 37.1 Å². The molecule has 1 amide bonds. The highest BCUT2D eigenvalue weighted by atomic mass is 35.5.